The number of hydrogen-bond donors (Lipinski definition) is 0. The van der Waals surface area contributed by atoms with E-state index >= 15 is 0 Å². The van der Waals surface area contributed by atoms with Gasteiger partial charge >= 0.3 is 0 Å². The molecule has 0 radical (unpaired) electrons. The van der Waals surface area contributed by atoms with Gasteiger partial charge in [-0.05, 0) is 46.5 Å². The molecule has 0 fully saturated rings. The third-order valence-corrected chi connectivity index (χ3v) is 5.83. The molecular weight excluding hydrogens is 308 g/mol. The van der Waals surface area contributed by atoms with E-state index in [1.165, 1.54) is 47.6 Å². The normalized spacial score (nSPS) is 11.5. The summed E-state index contributed by atoms with van der Waals surface area (Å²) >= 11 is 1.88. The van der Waals surface area contributed by atoms with E-state index in [0.29, 0.717) is 0 Å². The van der Waals surface area contributed by atoms with E-state index in [4.69, 9.17) is 0 Å². The smallest absolute Gasteiger partial charge is 0.0361 e. The van der Waals surface area contributed by atoms with Crippen molar-refractivity contribution in [3.05, 3.63) is 84.4 Å². The van der Waals surface area contributed by atoms with Crippen molar-refractivity contribution < 1.29 is 0 Å². The van der Waals surface area contributed by atoms with Crippen molar-refractivity contribution in [1.82, 2.24) is 0 Å². The Morgan fingerprint density at radius 1 is 0.625 bits per heavy atom. The predicted molar refractivity (Wildman–Crippen MR) is 107 cm³/mol. The van der Waals surface area contributed by atoms with Gasteiger partial charge < -0.3 is 0 Å². The second-order valence-electron chi connectivity index (χ2n) is 6.31. The van der Waals surface area contributed by atoms with Crippen molar-refractivity contribution in [1.29, 1.82) is 0 Å². The van der Waals surface area contributed by atoms with Crippen LogP contribution >= 0.6 is 11.3 Å². The molecule has 0 bridgehead atoms. The van der Waals surface area contributed by atoms with Gasteiger partial charge in [-0.1, -0.05) is 66.7 Å². The lowest BCUT2D eigenvalue weighted by atomic mass is 9.93. The quantitative estimate of drug-likeness (QED) is 0.306. The maximum absolute atomic E-state index is 2.32. The Labute approximate surface area is 145 Å². The van der Waals surface area contributed by atoms with Crippen LogP contribution in [0.4, 0.5) is 0 Å². The van der Waals surface area contributed by atoms with Crippen molar-refractivity contribution in [2.24, 2.45) is 0 Å². The van der Waals surface area contributed by atoms with Crippen LogP contribution in [-0.2, 0) is 0 Å². The highest BCUT2D eigenvalue weighted by Gasteiger charge is 2.12. The van der Waals surface area contributed by atoms with Crippen LogP contribution < -0.4 is 0 Å². The average Bonchev–Trinajstić information content (AvgIpc) is 2.99. The van der Waals surface area contributed by atoms with Gasteiger partial charge in [0.2, 0.25) is 0 Å². The Balaban J connectivity index is 1.97. The third kappa shape index (κ3) is 1.98. The van der Waals surface area contributed by atoms with Crippen LogP contribution in [0.25, 0.3) is 42.1 Å². The second-order valence-corrected chi connectivity index (χ2v) is 7.39. The molecule has 1 heterocycles. The molecular formula is C23H16S. The van der Waals surface area contributed by atoms with Gasteiger partial charge in [0.15, 0.2) is 0 Å². The van der Waals surface area contributed by atoms with E-state index in [9.17, 15) is 0 Å². The summed E-state index contributed by atoms with van der Waals surface area (Å²) in [6.07, 6.45) is 0. The summed E-state index contributed by atoms with van der Waals surface area (Å²) in [5.41, 5.74) is 3.98. The van der Waals surface area contributed by atoms with Crippen LogP contribution in [0.15, 0.2) is 78.9 Å². The summed E-state index contributed by atoms with van der Waals surface area (Å²) in [6.45, 7) is 2.18. The first-order valence-electron chi connectivity index (χ1n) is 8.21. The molecule has 114 valence electrons. The number of fused-ring (bicyclic) bond motifs is 4. The van der Waals surface area contributed by atoms with E-state index in [2.05, 4.69) is 85.8 Å². The molecule has 0 N–H and O–H groups in total. The molecule has 4 aromatic carbocycles. The van der Waals surface area contributed by atoms with E-state index in [1.807, 2.05) is 11.3 Å². The molecule has 0 spiro atoms. The zero-order valence-corrected chi connectivity index (χ0v) is 14.2. The SMILES string of the molecule is Cc1cc(-c2cccc3sc4ccccc4c23)c2ccccc2c1. The Morgan fingerprint density at radius 3 is 2.29 bits per heavy atom. The van der Waals surface area contributed by atoms with Gasteiger partial charge in [0.05, 0.1) is 0 Å². The minimum Gasteiger partial charge on any atom is -0.135 e. The topological polar surface area (TPSA) is 0 Å². The fourth-order valence-electron chi connectivity index (χ4n) is 3.68. The summed E-state index contributed by atoms with van der Waals surface area (Å²) in [7, 11) is 0. The zero-order valence-electron chi connectivity index (χ0n) is 13.4. The molecule has 0 aliphatic rings. The molecule has 0 saturated heterocycles. The van der Waals surface area contributed by atoms with Crippen molar-refractivity contribution in [3.8, 4) is 11.1 Å². The number of thiophene rings is 1. The average molecular weight is 324 g/mol. The molecule has 0 atom stereocenters. The highest BCUT2D eigenvalue weighted by molar-refractivity contribution is 7.25. The molecule has 0 aliphatic carbocycles. The summed E-state index contributed by atoms with van der Waals surface area (Å²) < 4.78 is 2.72. The first-order chi connectivity index (χ1) is 11.8. The number of rotatable bonds is 1. The van der Waals surface area contributed by atoms with Crippen LogP contribution in [-0.4, -0.2) is 0 Å². The van der Waals surface area contributed by atoms with Crippen molar-refractivity contribution in [2.45, 2.75) is 6.92 Å². The molecule has 24 heavy (non-hydrogen) atoms. The van der Waals surface area contributed by atoms with Gasteiger partial charge in [0.1, 0.15) is 0 Å². The summed E-state index contributed by atoms with van der Waals surface area (Å²) in [4.78, 5) is 0. The summed E-state index contributed by atoms with van der Waals surface area (Å²) in [5.74, 6) is 0. The maximum Gasteiger partial charge on any atom is 0.0361 e. The van der Waals surface area contributed by atoms with Crippen molar-refractivity contribution in [3.63, 3.8) is 0 Å². The monoisotopic (exact) mass is 324 g/mol. The van der Waals surface area contributed by atoms with Gasteiger partial charge in [0, 0.05) is 20.2 Å². The lowest BCUT2D eigenvalue weighted by Crippen LogP contribution is -1.85. The highest BCUT2D eigenvalue weighted by atomic mass is 32.1. The van der Waals surface area contributed by atoms with Gasteiger partial charge in [-0.25, -0.2) is 0 Å². The van der Waals surface area contributed by atoms with E-state index in [1.54, 1.807) is 0 Å². The standard InChI is InChI=1S/C23H16S/c1-15-13-16-7-2-3-8-17(16)20(14-15)18-10-6-12-22-23(18)19-9-4-5-11-21(19)24-22/h2-14H,1H3. The third-order valence-electron chi connectivity index (χ3n) is 4.70. The van der Waals surface area contributed by atoms with Crippen LogP contribution in [0.3, 0.4) is 0 Å². The number of aryl methyl sites for hydroxylation is 1. The van der Waals surface area contributed by atoms with Crippen molar-refractivity contribution >= 4 is 42.3 Å². The van der Waals surface area contributed by atoms with Crippen LogP contribution in [0, 0.1) is 6.92 Å². The minimum atomic E-state index is 1.31. The van der Waals surface area contributed by atoms with Crippen molar-refractivity contribution in [2.75, 3.05) is 0 Å². The summed E-state index contributed by atoms with van der Waals surface area (Å²) in [6, 6.07) is 28.7. The zero-order chi connectivity index (χ0) is 16.1. The molecule has 0 aliphatic heterocycles. The van der Waals surface area contributed by atoms with Gasteiger partial charge in [-0.2, -0.15) is 0 Å². The fraction of sp³-hybridized carbons (Fsp3) is 0.0435. The second kappa shape index (κ2) is 5.19. The van der Waals surface area contributed by atoms with Crippen LogP contribution in [0.1, 0.15) is 5.56 Å². The van der Waals surface area contributed by atoms with E-state index in [0.717, 1.165) is 0 Å². The molecule has 0 amide bonds. The van der Waals surface area contributed by atoms with Gasteiger partial charge in [-0.15, -0.1) is 11.3 Å². The fourth-order valence-corrected chi connectivity index (χ4v) is 4.81. The van der Waals surface area contributed by atoms with E-state index < -0.39 is 0 Å². The lowest BCUT2D eigenvalue weighted by Gasteiger charge is -2.10. The first kappa shape index (κ1) is 13.8. The number of benzene rings is 4. The molecule has 0 saturated carbocycles. The molecule has 5 aromatic rings. The maximum atomic E-state index is 2.32. The molecule has 1 aromatic heterocycles. The summed E-state index contributed by atoms with van der Waals surface area (Å²) in [5, 5.41) is 5.38. The largest absolute Gasteiger partial charge is 0.135 e. The van der Waals surface area contributed by atoms with E-state index in [-0.39, 0.29) is 0 Å². The first-order valence-corrected chi connectivity index (χ1v) is 9.03. The number of hydrogen-bond acceptors (Lipinski definition) is 1. The Bertz CT molecular complexity index is 1210. The molecule has 0 unspecified atom stereocenters. The highest BCUT2D eigenvalue weighted by Crippen LogP contribution is 2.41. The Hall–Kier alpha value is -2.64. The van der Waals surface area contributed by atoms with Crippen LogP contribution in [0.5, 0.6) is 0 Å². The van der Waals surface area contributed by atoms with Crippen LogP contribution in [0.2, 0.25) is 0 Å². The minimum absolute atomic E-state index is 1.31. The van der Waals surface area contributed by atoms with Gasteiger partial charge in [-0.3, -0.25) is 0 Å². The molecule has 1 heteroatoms. The Kier molecular flexibility index (Phi) is 2.97. The lowest BCUT2D eigenvalue weighted by molar-refractivity contribution is 1.50. The Morgan fingerprint density at radius 2 is 1.38 bits per heavy atom. The van der Waals surface area contributed by atoms with Gasteiger partial charge in [0.25, 0.3) is 0 Å². The molecule has 0 nitrogen and oxygen atoms in total. The predicted octanol–water partition coefficient (Wildman–Crippen LogP) is 7.18. The molecule has 5 rings (SSSR count).